The van der Waals surface area contributed by atoms with E-state index in [2.05, 4.69) is 13.5 Å². The summed E-state index contributed by atoms with van der Waals surface area (Å²) < 4.78 is 6.26. The quantitative estimate of drug-likeness (QED) is 0.539. The predicted octanol–water partition coefficient (Wildman–Crippen LogP) is 3.54. The van der Waals surface area contributed by atoms with Gasteiger partial charge in [-0.1, -0.05) is 0 Å². The molecule has 4 heteroatoms. The van der Waals surface area contributed by atoms with E-state index in [9.17, 15) is 4.79 Å². The number of hydrogen-bond donors (Lipinski definition) is 0. The molecule has 0 spiro atoms. The van der Waals surface area contributed by atoms with E-state index in [0.29, 0.717) is 0 Å². The molecule has 0 unspecified atom stereocenters. The first-order chi connectivity index (χ1) is 8.67. The van der Waals surface area contributed by atoms with E-state index in [1.165, 1.54) is 12.8 Å². The average molecular weight is 329 g/mol. The summed E-state index contributed by atoms with van der Waals surface area (Å²) >= 11 is 1.55. The molecule has 0 aliphatic carbocycles. The monoisotopic (exact) mass is 330 g/mol. The van der Waals surface area contributed by atoms with Gasteiger partial charge in [0.25, 0.3) is 0 Å². The zero-order valence-electron chi connectivity index (χ0n) is 10.8. The molecule has 0 aliphatic rings. The van der Waals surface area contributed by atoms with Gasteiger partial charge in [-0.05, 0) is 0 Å². The third kappa shape index (κ3) is 5.30. The summed E-state index contributed by atoms with van der Waals surface area (Å²) in [5, 5.41) is 0. The minimum absolute atomic E-state index is 0.174. The molecule has 0 amide bonds. The summed E-state index contributed by atoms with van der Waals surface area (Å²) in [4.78, 5) is 12.0. The molecule has 1 aromatic carbocycles. The van der Waals surface area contributed by atoms with Gasteiger partial charge in [-0.25, -0.2) is 0 Å². The van der Waals surface area contributed by atoms with Crippen LogP contribution >= 0.6 is 11.8 Å². The summed E-state index contributed by atoms with van der Waals surface area (Å²) in [6, 6.07) is 7.26. The Morgan fingerprint density at radius 1 is 1.39 bits per heavy atom. The zero-order chi connectivity index (χ0) is 13.4. The zero-order valence-corrected chi connectivity index (χ0v) is 13.3. The normalized spacial score (nSPS) is 10.1. The Morgan fingerprint density at radius 2 is 2.06 bits per heavy atom. The number of ether oxygens (including phenoxy) is 1. The van der Waals surface area contributed by atoms with Gasteiger partial charge in [0, 0.05) is 0 Å². The number of unbranched alkanes of at least 4 members (excludes halogenated alkanes) is 1. The summed E-state index contributed by atoms with van der Waals surface area (Å²) in [6.45, 7) is 6.13. The average Bonchev–Trinajstić information content (AvgIpc) is 2.39. The van der Waals surface area contributed by atoms with Gasteiger partial charge in [-0.3, -0.25) is 0 Å². The molecule has 0 N–H and O–H groups in total. The number of methoxy groups -OCH3 is 1. The summed E-state index contributed by atoms with van der Waals surface area (Å²) in [7, 11) is 1.62. The van der Waals surface area contributed by atoms with Crippen molar-refractivity contribution in [2.24, 2.45) is 0 Å². The molecule has 0 saturated carbocycles. The van der Waals surface area contributed by atoms with E-state index in [4.69, 9.17) is 4.74 Å². The summed E-state index contributed by atoms with van der Waals surface area (Å²) in [6.07, 6.45) is 2.36. The number of carbonyl (C=O) groups excluding carboxylic acids is 1. The second-order valence-electron chi connectivity index (χ2n) is 3.69. The predicted molar refractivity (Wildman–Crippen MR) is 79.6 cm³/mol. The molecular weight excluding hydrogens is 311 g/mol. The van der Waals surface area contributed by atoms with E-state index >= 15 is 0 Å². The van der Waals surface area contributed by atoms with Gasteiger partial charge in [0.1, 0.15) is 0 Å². The van der Waals surface area contributed by atoms with Crippen molar-refractivity contribution < 1.29 is 9.53 Å². The molecule has 1 aromatic rings. The SMILES string of the molecule is C=C(SCCCC)[Se]C(=O)c1ccc(OC)cc1. The molecule has 0 aliphatic heterocycles. The molecule has 1 rings (SSSR count). The van der Waals surface area contributed by atoms with E-state index < -0.39 is 0 Å². The van der Waals surface area contributed by atoms with E-state index in [1.807, 2.05) is 24.3 Å². The molecule has 98 valence electrons. The molecule has 0 aromatic heterocycles. The fraction of sp³-hybridized carbons (Fsp3) is 0.357. The maximum absolute atomic E-state index is 12.0. The van der Waals surface area contributed by atoms with Crippen LogP contribution in [0, 0.1) is 0 Å². The van der Waals surface area contributed by atoms with Crippen molar-refractivity contribution >= 4 is 31.4 Å². The van der Waals surface area contributed by atoms with E-state index in [0.717, 1.165) is 20.9 Å². The van der Waals surface area contributed by atoms with Crippen LogP contribution in [0.4, 0.5) is 0 Å². The molecule has 0 atom stereocenters. The Kier molecular flexibility index (Phi) is 7.18. The van der Waals surface area contributed by atoms with Crippen molar-refractivity contribution in [3.05, 3.63) is 40.2 Å². The Morgan fingerprint density at radius 3 is 2.61 bits per heavy atom. The maximum atomic E-state index is 12.0. The topological polar surface area (TPSA) is 26.3 Å². The van der Waals surface area contributed by atoms with Gasteiger partial charge in [-0.15, -0.1) is 0 Å². The van der Waals surface area contributed by atoms with Crippen LogP contribution in [0.25, 0.3) is 0 Å². The van der Waals surface area contributed by atoms with Gasteiger partial charge < -0.3 is 0 Å². The van der Waals surface area contributed by atoms with Crippen molar-refractivity contribution in [2.75, 3.05) is 12.9 Å². The molecule has 18 heavy (non-hydrogen) atoms. The molecule has 0 radical (unpaired) electrons. The van der Waals surface area contributed by atoms with Crippen molar-refractivity contribution in [3.63, 3.8) is 0 Å². The number of carbonyl (C=O) groups is 1. The number of thioether (sulfide) groups is 1. The second kappa shape index (κ2) is 8.41. The third-order valence-corrected chi connectivity index (χ3v) is 5.64. The van der Waals surface area contributed by atoms with Crippen LogP contribution in [0.15, 0.2) is 34.6 Å². The van der Waals surface area contributed by atoms with Crippen LogP contribution in [0.1, 0.15) is 30.1 Å². The van der Waals surface area contributed by atoms with Gasteiger partial charge in [0.2, 0.25) is 0 Å². The van der Waals surface area contributed by atoms with Crippen LogP contribution < -0.4 is 4.74 Å². The van der Waals surface area contributed by atoms with Gasteiger partial charge in [-0.2, -0.15) is 0 Å². The Balaban J connectivity index is 2.46. The van der Waals surface area contributed by atoms with Gasteiger partial charge >= 0.3 is 120 Å². The van der Waals surface area contributed by atoms with E-state index in [-0.39, 0.29) is 19.6 Å². The third-order valence-electron chi connectivity index (χ3n) is 2.29. The van der Waals surface area contributed by atoms with Crippen LogP contribution in [0.2, 0.25) is 0 Å². The second-order valence-corrected chi connectivity index (χ2v) is 7.71. The summed E-state index contributed by atoms with van der Waals surface area (Å²) in [5.41, 5.74) is 0.744. The first kappa shape index (κ1) is 15.4. The molecule has 2 nitrogen and oxygen atoms in total. The molecular formula is C14H18O2SSe. The first-order valence-corrected chi connectivity index (χ1v) is 8.55. The number of rotatable bonds is 8. The standard InChI is InChI=1S/C14H18O2SSe/c1-4-5-10-17-11(2)18-14(15)12-6-8-13(16-3)9-7-12/h6-9H,2,4-5,10H2,1,3H3. The van der Waals surface area contributed by atoms with Crippen molar-refractivity contribution in [1.82, 2.24) is 0 Å². The van der Waals surface area contributed by atoms with E-state index in [1.54, 1.807) is 18.9 Å². The number of hydrogen-bond acceptors (Lipinski definition) is 3. The Labute approximate surface area is 119 Å². The van der Waals surface area contributed by atoms with Crippen molar-refractivity contribution in [3.8, 4) is 5.75 Å². The number of benzene rings is 1. The van der Waals surface area contributed by atoms with Crippen molar-refractivity contribution in [2.45, 2.75) is 19.8 Å². The van der Waals surface area contributed by atoms with Crippen LogP contribution in [0.3, 0.4) is 0 Å². The molecule has 0 heterocycles. The van der Waals surface area contributed by atoms with Gasteiger partial charge in [0.15, 0.2) is 0 Å². The summed E-state index contributed by atoms with van der Waals surface area (Å²) in [5.74, 6) is 1.84. The molecule has 0 fully saturated rings. The minimum atomic E-state index is -0.174. The van der Waals surface area contributed by atoms with Crippen LogP contribution in [-0.2, 0) is 0 Å². The van der Waals surface area contributed by atoms with Gasteiger partial charge in [0.05, 0.1) is 0 Å². The van der Waals surface area contributed by atoms with Crippen LogP contribution in [-0.4, -0.2) is 32.5 Å². The fourth-order valence-electron chi connectivity index (χ4n) is 1.25. The first-order valence-electron chi connectivity index (χ1n) is 5.85. The Bertz CT molecular complexity index is 401. The van der Waals surface area contributed by atoms with Crippen LogP contribution in [0.5, 0.6) is 5.75 Å². The Hall–Kier alpha value is -0.701. The fourth-order valence-corrected chi connectivity index (χ4v) is 4.22. The molecule has 0 saturated heterocycles. The van der Waals surface area contributed by atoms with Crippen molar-refractivity contribution in [1.29, 1.82) is 0 Å². The molecule has 0 bridgehead atoms.